The molecule has 0 radical (unpaired) electrons. The van der Waals surface area contributed by atoms with Crippen molar-refractivity contribution in [2.45, 2.75) is 25.9 Å². The fourth-order valence-corrected chi connectivity index (χ4v) is 4.26. The predicted molar refractivity (Wildman–Crippen MR) is 136 cm³/mol. The first-order valence-electron chi connectivity index (χ1n) is 11.9. The number of pyridine rings is 2. The molecule has 166 valence electrons. The summed E-state index contributed by atoms with van der Waals surface area (Å²) in [6, 6.07) is 39.1. The van der Waals surface area contributed by atoms with E-state index in [9.17, 15) is 0 Å². The lowest BCUT2D eigenvalue weighted by Crippen LogP contribution is -2.34. The maximum atomic E-state index is 2.24. The molecule has 0 N–H and O–H groups in total. The Morgan fingerprint density at radius 2 is 0.647 bits per heavy atom. The number of hydrogen-bond donors (Lipinski definition) is 0. The van der Waals surface area contributed by atoms with E-state index in [1.807, 2.05) is 0 Å². The van der Waals surface area contributed by atoms with Crippen LogP contribution in [0, 0.1) is 0 Å². The maximum Gasteiger partial charge on any atom is 0.173 e. The summed E-state index contributed by atoms with van der Waals surface area (Å²) in [6.45, 7) is 1.76. The monoisotopic (exact) mass is 442 g/mol. The Morgan fingerprint density at radius 1 is 0.324 bits per heavy atom. The topological polar surface area (TPSA) is 7.76 Å². The van der Waals surface area contributed by atoms with Gasteiger partial charge < -0.3 is 0 Å². The van der Waals surface area contributed by atoms with Gasteiger partial charge in [0.2, 0.25) is 0 Å². The van der Waals surface area contributed by atoms with Gasteiger partial charge in [-0.1, -0.05) is 84.9 Å². The molecule has 0 aliphatic carbocycles. The summed E-state index contributed by atoms with van der Waals surface area (Å²) in [5.41, 5.74) is 7.99. The van der Waals surface area contributed by atoms with Gasteiger partial charge in [-0.3, -0.25) is 0 Å². The van der Waals surface area contributed by atoms with Crippen LogP contribution in [0.5, 0.6) is 0 Å². The summed E-state index contributed by atoms with van der Waals surface area (Å²) in [5, 5.41) is 0. The summed E-state index contributed by atoms with van der Waals surface area (Å²) in [6.07, 6.45) is 10.7. The largest absolute Gasteiger partial charge is 0.201 e. The Hall–Kier alpha value is -4.04. The second kappa shape index (κ2) is 10.7. The highest BCUT2D eigenvalue weighted by molar-refractivity contribution is 5.25. The molecule has 0 bridgehead atoms. The van der Waals surface area contributed by atoms with Crippen LogP contribution in [-0.4, -0.2) is 0 Å². The Balaban J connectivity index is 1.15. The fraction of sp³-hybridized carbons (Fsp3) is 0.125. The Kier molecular flexibility index (Phi) is 6.87. The van der Waals surface area contributed by atoms with Gasteiger partial charge in [-0.15, -0.1) is 0 Å². The average molecular weight is 443 g/mol. The van der Waals surface area contributed by atoms with Crippen LogP contribution in [0.25, 0.3) is 0 Å². The van der Waals surface area contributed by atoms with E-state index in [2.05, 4.69) is 143 Å². The van der Waals surface area contributed by atoms with Gasteiger partial charge in [-0.2, -0.15) is 0 Å². The molecule has 0 fully saturated rings. The molecule has 2 nitrogen and oxygen atoms in total. The number of benzene rings is 3. The van der Waals surface area contributed by atoms with Crippen LogP contribution in [0.15, 0.2) is 134 Å². The van der Waals surface area contributed by atoms with E-state index >= 15 is 0 Å². The summed E-state index contributed by atoms with van der Waals surface area (Å²) >= 11 is 0. The molecular weight excluding hydrogens is 412 g/mol. The smallest absolute Gasteiger partial charge is 0.173 e. The van der Waals surface area contributed by atoms with Crippen LogP contribution >= 0.6 is 0 Å². The van der Waals surface area contributed by atoms with Crippen LogP contribution in [0.2, 0.25) is 0 Å². The van der Waals surface area contributed by atoms with Crippen molar-refractivity contribution in [2.24, 2.45) is 0 Å². The van der Waals surface area contributed by atoms with Gasteiger partial charge >= 0.3 is 0 Å². The van der Waals surface area contributed by atoms with E-state index in [4.69, 9.17) is 0 Å². The molecule has 2 heterocycles. The second-order valence-corrected chi connectivity index (χ2v) is 8.90. The third kappa shape index (κ3) is 6.05. The van der Waals surface area contributed by atoms with Crippen LogP contribution in [0.4, 0.5) is 0 Å². The zero-order chi connectivity index (χ0) is 23.0. The molecule has 5 rings (SSSR count). The summed E-state index contributed by atoms with van der Waals surface area (Å²) in [5.74, 6) is 0. The molecule has 0 aliphatic rings. The van der Waals surface area contributed by atoms with Crippen LogP contribution in [-0.2, 0) is 25.9 Å². The van der Waals surface area contributed by atoms with Crippen molar-refractivity contribution in [1.82, 2.24) is 0 Å². The molecule has 5 aromatic rings. The predicted octanol–water partition coefficient (Wildman–Crippen LogP) is 5.54. The molecule has 0 aliphatic heterocycles. The highest BCUT2D eigenvalue weighted by atomic mass is 14.9. The highest BCUT2D eigenvalue weighted by Gasteiger charge is 2.07. The second-order valence-electron chi connectivity index (χ2n) is 8.90. The van der Waals surface area contributed by atoms with E-state index in [0.717, 1.165) is 25.9 Å². The minimum absolute atomic E-state index is 0.882. The van der Waals surface area contributed by atoms with Crippen molar-refractivity contribution < 1.29 is 9.13 Å². The SMILES string of the molecule is c1ccc(Cc2cc[n+](Cc3ccc(C[n+]4ccc(Cc5ccccc5)cc4)cc3)cc2)cc1. The summed E-state index contributed by atoms with van der Waals surface area (Å²) in [7, 11) is 0. The van der Waals surface area contributed by atoms with Crippen LogP contribution in [0.1, 0.15) is 33.4 Å². The van der Waals surface area contributed by atoms with E-state index in [1.165, 1.54) is 33.4 Å². The number of aromatic nitrogens is 2. The Bertz CT molecular complexity index is 1190. The van der Waals surface area contributed by atoms with Gasteiger partial charge in [-0.25, -0.2) is 9.13 Å². The number of nitrogens with zero attached hydrogens (tertiary/aromatic N) is 2. The van der Waals surface area contributed by atoms with Crippen molar-refractivity contribution in [3.05, 3.63) is 167 Å². The first kappa shape index (κ1) is 21.8. The molecular formula is C32H30N2+2. The number of rotatable bonds is 8. The molecule has 0 spiro atoms. The Morgan fingerprint density at radius 3 is 1.00 bits per heavy atom. The third-order valence-corrected chi connectivity index (χ3v) is 6.18. The minimum atomic E-state index is 0.882. The van der Waals surface area contributed by atoms with Crippen molar-refractivity contribution >= 4 is 0 Å². The van der Waals surface area contributed by atoms with Crippen molar-refractivity contribution in [3.8, 4) is 0 Å². The van der Waals surface area contributed by atoms with Crippen molar-refractivity contribution in [3.63, 3.8) is 0 Å². The summed E-state index contributed by atoms with van der Waals surface area (Å²) < 4.78 is 4.48. The minimum Gasteiger partial charge on any atom is -0.201 e. The maximum absolute atomic E-state index is 2.24. The van der Waals surface area contributed by atoms with Crippen molar-refractivity contribution in [2.75, 3.05) is 0 Å². The molecule has 0 atom stereocenters. The van der Waals surface area contributed by atoms with Gasteiger partial charge in [0.05, 0.1) is 0 Å². The van der Waals surface area contributed by atoms with Gasteiger partial charge in [0.15, 0.2) is 37.9 Å². The van der Waals surface area contributed by atoms with Gasteiger partial charge in [0.25, 0.3) is 0 Å². The summed E-state index contributed by atoms with van der Waals surface area (Å²) in [4.78, 5) is 0. The van der Waals surface area contributed by atoms with Gasteiger partial charge in [0, 0.05) is 35.4 Å². The Labute approximate surface area is 202 Å². The molecule has 3 aromatic carbocycles. The fourth-order valence-electron chi connectivity index (χ4n) is 4.26. The standard InChI is InChI=1S/C32H30N2/c1-3-7-27(8-4-1)23-29-15-19-33(20-16-29)25-31-11-13-32(14-12-31)26-34-21-17-30(18-22-34)24-28-9-5-2-6-10-28/h1-22H,23-26H2/q+2. The molecule has 0 unspecified atom stereocenters. The zero-order valence-electron chi connectivity index (χ0n) is 19.4. The van der Waals surface area contributed by atoms with Crippen LogP contribution < -0.4 is 9.13 Å². The van der Waals surface area contributed by atoms with Crippen molar-refractivity contribution in [1.29, 1.82) is 0 Å². The third-order valence-electron chi connectivity index (χ3n) is 6.18. The van der Waals surface area contributed by atoms with E-state index in [-0.39, 0.29) is 0 Å². The van der Waals surface area contributed by atoms with Gasteiger partial charge in [0.1, 0.15) is 0 Å². The average Bonchev–Trinajstić information content (AvgIpc) is 2.89. The van der Waals surface area contributed by atoms with Crippen LogP contribution in [0.3, 0.4) is 0 Å². The van der Waals surface area contributed by atoms with E-state index in [1.54, 1.807) is 0 Å². The lowest BCUT2D eigenvalue weighted by molar-refractivity contribution is -0.689. The first-order valence-corrected chi connectivity index (χ1v) is 11.9. The van der Waals surface area contributed by atoms with E-state index < -0.39 is 0 Å². The van der Waals surface area contributed by atoms with E-state index in [0.29, 0.717) is 0 Å². The lowest BCUT2D eigenvalue weighted by atomic mass is 10.1. The highest BCUT2D eigenvalue weighted by Crippen LogP contribution is 2.10. The lowest BCUT2D eigenvalue weighted by Gasteiger charge is -2.04. The zero-order valence-corrected chi connectivity index (χ0v) is 19.4. The molecule has 2 aromatic heterocycles. The molecule has 0 amide bonds. The normalized spacial score (nSPS) is 10.8. The van der Waals surface area contributed by atoms with Gasteiger partial charge in [-0.05, 0) is 35.1 Å². The molecule has 0 saturated carbocycles. The molecule has 34 heavy (non-hydrogen) atoms. The molecule has 2 heteroatoms. The quantitative estimate of drug-likeness (QED) is 0.279. The number of hydrogen-bond acceptors (Lipinski definition) is 0. The molecule has 0 saturated heterocycles. The first-order chi connectivity index (χ1) is 16.8.